The molecule has 0 spiro atoms. The molecule has 0 aliphatic heterocycles. The summed E-state index contributed by atoms with van der Waals surface area (Å²) < 4.78 is 7.17. The molecule has 0 N–H and O–H groups in total. The molecule has 0 aliphatic rings. The lowest BCUT2D eigenvalue weighted by Gasteiger charge is -2.06. The van der Waals surface area contributed by atoms with Gasteiger partial charge in [0, 0.05) is 28.4 Å². The van der Waals surface area contributed by atoms with Gasteiger partial charge >= 0.3 is 5.97 Å². The lowest BCUT2D eigenvalue weighted by molar-refractivity contribution is -0.142. The number of fused-ring (bicyclic) bond motifs is 3. The minimum Gasteiger partial charge on any atom is -0.466 e. The van der Waals surface area contributed by atoms with Crippen LogP contribution in [0.2, 0.25) is 5.02 Å². The fourth-order valence-corrected chi connectivity index (χ4v) is 3.02. The second kappa shape index (κ2) is 5.41. The van der Waals surface area contributed by atoms with E-state index in [2.05, 4.69) is 10.6 Å². The van der Waals surface area contributed by atoms with E-state index >= 15 is 0 Å². The first-order chi connectivity index (χ1) is 10.1. The zero-order valence-corrected chi connectivity index (χ0v) is 12.8. The van der Waals surface area contributed by atoms with Crippen molar-refractivity contribution in [2.75, 3.05) is 6.61 Å². The van der Waals surface area contributed by atoms with Gasteiger partial charge in [-0.25, -0.2) is 0 Å². The van der Waals surface area contributed by atoms with Crippen LogP contribution in [0.4, 0.5) is 0 Å². The Labute approximate surface area is 128 Å². The number of halogens is 1. The van der Waals surface area contributed by atoms with Crippen LogP contribution in [-0.2, 0) is 23.0 Å². The highest BCUT2D eigenvalue weighted by molar-refractivity contribution is 6.31. The van der Waals surface area contributed by atoms with Gasteiger partial charge in [0.1, 0.15) is 0 Å². The molecule has 0 bridgehead atoms. The van der Waals surface area contributed by atoms with E-state index in [9.17, 15) is 4.79 Å². The Morgan fingerprint density at radius 2 is 2.05 bits per heavy atom. The molecule has 21 heavy (non-hydrogen) atoms. The number of para-hydroxylation sites is 1. The largest absolute Gasteiger partial charge is 0.466 e. The van der Waals surface area contributed by atoms with Crippen LogP contribution in [0.15, 0.2) is 36.4 Å². The number of aryl methyl sites for hydroxylation is 1. The maximum Gasteiger partial charge on any atom is 0.310 e. The molecule has 1 aromatic heterocycles. The molecule has 0 amide bonds. The van der Waals surface area contributed by atoms with Gasteiger partial charge in [-0.15, -0.1) is 0 Å². The van der Waals surface area contributed by atoms with Gasteiger partial charge in [-0.05, 0) is 30.7 Å². The summed E-state index contributed by atoms with van der Waals surface area (Å²) in [6, 6.07) is 11.9. The van der Waals surface area contributed by atoms with Gasteiger partial charge in [-0.3, -0.25) is 4.79 Å². The van der Waals surface area contributed by atoms with Crippen LogP contribution in [0, 0.1) is 0 Å². The molecule has 4 heteroatoms. The molecule has 0 atom stereocenters. The van der Waals surface area contributed by atoms with E-state index in [-0.39, 0.29) is 12.4 Å². The molecule has 0 unspecified atom stereocenters. The lowest BCUT2D eigenvalue weighted by Crippen LogP contribution is -2.08. The first-order valence-electron chi connectivity index (χ1n) is 6.93. The van der Waals surface area contributed by atoms with Crippen LogP contribution in [0.25, 0.3) is 21.8 Å². The Balaban J connectivity index is 2.23. The summed E-state index contributed by atoms with van der Waals surface area (Å²) in [5, 5.41) is 2.92. The Morgan fingerprint density at radius 3 is 2.81 bits per heavy atom. The van der Waals surface area contributed by atoms with Crippen LogP contribution in [0.1, 0.15) is 12.5 Å². The molecule has 1 heterocycles. The summed E-state index contributed by atoms with van der Waals surface area (Å²) in [6.45, 7) is 2.22. The van der Waals surface area contributed by atoms with Gasteiger partial charge in [0.05, 0.1) is 18.5 Å². The third-order valence-corrected chi connectivity index (χ3v) is 3.94. The maximum absolute atomic E-state index is 11.8. The number of esters is 1. The summed E-state index contributed by atoms with van der Waals surface area (Å²) in [7, 11) is 2.01. The van der Waals surface area contributed by atoms with E-state index in [1.54, 1.807) is 0 Å². The van der Waals surface area contributed by atoms with Gasteiger partial charge in [0.2, 0.25) is 0 Å². The quantitative estimate of drug-likeness (QED) is 0.682. The molecule has 0 fully saturated rings. The van der Waals surface area contributed by atoms with E-state index in [0.29, 0.717) is 11.6 Å². The van der Waals surface area contributed by atoms with Gasteiger partial charge in [-0.1, -0.05) is 29.8 Å². The third-order valence-electron chi connectivity index (χ3n) is 3.71. The van der Waals surface area contributed by atoms with E-state index in [4.69, 9.17) is 16.3 Å². The van der Waals surface area contributed by atoms with Gasteiger partial charge in [0.25, 0.3) is 0 Å². The average molecular weight is 302 g/mol. The summed E-state index contributed by atoms with van der Waals surface area (Å²) in [4.78, 5) is 11.8. The van der Waals surface area contributed by atoms with Crippen LogP contribution >= 0.6 is 11.6 Å². The second-order valence-electron chi connectivity index (χ2n) is 5.02. The fourth-order valence-electron chi connectivity index (χ4n) is 2.85. The molecule has 0 saturated carbocycles. The molecule has 3 rings (SSSR count). The molecule has 0 saturated heterocycles. The van der Waals surface area contributed by atoms with Crippen LogP contribution < -0.4 is 0 Å². The van der Waals surface area contributed by atoms with Crippen molar-refractivity contribution in [1.29, 1.82) is 0 Å². The number of carbonyl (C=O) groups excluding carboxylic acids is 1. The minimum atomic E-state index is -0.201. The predicted molar refractivity (Wildman–Crippen MR) is 85.8 cm³/mol. The number of hydrogen-bond acceptors (Lipinski definition) is 2. The third kappa shape index (κ3) is 2.38. The molecular formula is C17H16ClNO2. The zero-order chi connectivity index (χ0) is 15.0. The molecule has 108 valence electrons. The molecule has 0 aliphatic carbocycles. The molecule has 3 nitrogen and oxygen atoms in total. The molecule has 0 radical (unpaired) electrons. The standard InChI is InChI=1S/C17H16ClNO2/c1-3-21-16(20)9-11-5-4-6-13-14-10-12(18)7-8-15(14)19(2)17(11)13/h4-8,10H,3,9H2,1-2H3. The summed E-state index contributed by atoms with van der Waals surface area (Å²) in [5.74, 6) is -0.201. The van der Waals surface area contributed by atoms with Crippen molar-refractivity contribution in [3.05, 3.63) is 47.0 Å². The zero-order valence-electron chi connectivity index (χ0n) is 12.0. The van der Waals surface area contributed by atoms with Crippen LogP contribution in [0.3, 0.4) is 0 Å². The first-order valence-corrected chi connectivity index (χ1v) is 7.30. The number of nitrogens with zero attached hydrogens (tertiary/aromatic N) is 1. The Bertz CT molecular complexity index is 836. The predicted octanol–water partition coefficient (Wildman–Crippen LogP) is 4.09. The van der Waals surface area contributed by atoms with E-state index in [0.717, 1.165) is 27.4 Å². The topological polar surface area (TPSA) is 31.2 Å². The molecule has 3 aromatic rings. The van der Waals surface area contributed by atoms with Gasteiger partial charge in [0.15, 0.2) is 0 Å². The maximum atomic E-state index is 11.8. The monoisotopic (exact) mass is 301 g/mol. The second-order valence-corrected chi connectivity index (χ2v) is 5.45. The number of carbonyl (C=O) groups is 1. The number of aromatic nitrogens is 1. The van der Waals surface area contributed by atoms with Crippen molar-refractivity contribution in [2.24, 2.45) is 7.05 Å². The summed E-state index contributed by atoms with van der Waals surface area (Å²) in [5.41, 5.74) is 3.13. The van der Waals surface area contributed by atoms with E-state index in [1.165, 1.54) is 0 Å². The minimum absolute atomic E-state index is 0.201. The van der Waals surface area contributed by atoms with Crippen molar-refractivity contribution in [3.63, 3.8) is 0 Å². The normalized spacial score (nSPS) is 11.2. The smallest absolute Gasteiger partial charge is 0.310 e. The first kappa shape index (κ1) is 14.0. The van der Waals surface area contributed by atoms with E-state index < -0.39 is 0 Å². The number of benzene rings is 2. The van der Waals surface area contributed by atoms with Crippen LogP contribution in [0.5, 0.6) is 0 Å². The number of hydrogen-bond donors (Lipinski definition) is 0. The number of ether oxygens (including phenoxy) is 1. The van der Waals surface area contributed by atoms with Gasteiger partial charge in [-0.2, -0.15) is 0 Å². The lowest BCUT2D eigenvalue weighted by atomic mass is 10.1. The van der Waals surface area contributed by atoms with Crippen LogP contribution in [-0.4, -0.2) is 17.1 Å². The SMILES string of the molecule is CCOC(=O)Cc1cccc2c3cc(Cl)ccc3n(C)c12. The highest BCUT2D eigenvalue weighted by atomic mass is 35.5. The highest BCUT2D eigenvalue weighted by Crippen LogP contribution is 2.32. The van der Waals surface area contributed by atoms with Crippen molar-refractivity contribution >= 4 is 39.4 Å². The van der Waals surface area contributed by atoms with Crippen molar-refractivity contribution in [3.8, 4) is 0 Å². The van der Waals surface area contributed by atoms with Crippen molar-refractivity contribution in [2.45, 2.75) is 13.3 Å². The number of rotatable bonds is 3. The fraction of sp³-hybridized carbons (Fsp3) is 0.235. The van der Waals surface area contributed by atoms with Gasteiger partial charge < -0.3 is 9.30 Å². The molecule has 2 aromatic carbocycles. The van der Waals surface area contributed by atoms with E-state index in [1.807, 2.05) is 44.3 Å². The van der Waals surface area contributed by atoms with Crippen molar-refractivity contribution in [1.82, 2.24) is 4.57 Å². The summed E-state index contributed by atoms with van der Waals surface area (Å²) in [6.07, 6.45) is 0.281. The summed E-state index contributed by atoms with van der Waals surface area (Å²) >= 11 is 6.11. The molecular weight excluding hydrogens is 286 g/mol. The van der Waals surface area contributed by atoms with Crippen molar-refractivity contribution < 1.29 is 9.53 Å². The Kier molecular flexibility index (Phi) is 3.60. The average Bonchev–Trinajstić information content (AvgIpc) is 2.73. The highest BCUT2D eigenvalue weighted by Gasteiger charge is 2.14. The Morgan fingerprint density at radius 1 is 1.24 bits per heavy atom. The Hall–Kier alpha value is -2.00.